The van der Waals surface area contributed by atoms with Crippen LogP contribution in [0, 0.1) is 0 Å². The number of hydrogen-bond donors (Lipinski definition) is 0. The number of rotatable bonds is 2. The number of para-hydroxylation sites is 1. The number of pyridine rings is 2. The molecule has 0 spiro atoms. The summed E-state index contributed by atoms with van der Waals surface area (Å²) in [6, 6.07) is 18.5. The first-order valence-corrected chi connectivity index (χ1v) is 5.91. The van der Waals surface area contributed by atoms with E-state index in [1.807, 2.05) is 42.7 Å². The summed E-state index contributed by atoms with van der Waals surface area (Å²) in [5, 5.41) is 0. The van der Waals surface area contributed by atoms with E-state index in [4.69, 9.17) is 0 Å². The van der Waals surface area contributed by atoms with Crippen LogP contribution in [0.4, 0.5) is 0 Å². The number of halogens is 2. The maximum absolute atomic E-state index is 4.03. The van der Waals surface area contributed by atoms with Gasteiger partial charge in [0.1, 0.15) is 0 Å². The van der Waals surface area contributed by atoms with Crippen LogP contribution in [-0.4, -0.2) is 4.98 Å². The second-order valence-electron chi connectivity index (χ2n) is 4.07. The van der Waals surface area contributed by atoms with Crippen molar-refractivity contribution in [3.8, 4) is 16.8 Å². The van der Waals surface area contributed by atoms with E-state index < -0.39 is 0 Å². The Balaban J connectivity index is 0.000001000. The summed E-state index contributed by atoms with van der Waals surface area (Å²) in [4.78, 5) is 4.03. The Labute approximate surface area is 131 Å². The van der Waals surface area contributed by atoms with Crippen LogP contribution in [0.1, 0.15) is 0 Å². The van der Waals surface area contributed by atoms with Gasteiger partial charge in [-0.1, -0.05) is 18.2 Å². The minimum absolute atomic E-state index is 0. The van der Waals surface area contributed by atoms with Crippen molar-refractivity contribution < 1.29 is 17.0 Å². The van der Waals surface area contributed by atoms with Crippen molar-refractivity contribution in [2.45, 2.75) is 0 Å². The maximum atomic E-state index is 4.03. The molecule has 0 amide bonds. The van der Waals surface area contributed by atoms with E-state index in [1.54, 1.807) is 0 Å². The molecule has 1 aromatic carbocycles. The number of nitrogens with zero attached hydrogens (tertiary/aromatic N) is 2. The highest BCUT2D eigenvalue weighted by Gasteiger charge is 2.04. The summed E-state index contributed by atoms with van der Waals surface area (Å²) < 4.78 is 2.10. The van der Waals surface area contributed by atoms with Crippen LogP contribution < -0.4 is 17.0 Å². The van der Waals surface area contributed by atoms with Gasteiger partial charge in [-0.2, -0.15) is 4.57 Å². The van der Waals surface area contributed by atoms with Crippen LogP contribution in [0.15, 0.2) is 79.4 Å². The van der Waals surface area contributed by atoms with E-state index in [0.29, 0.717) is 0 Å². The largest absolute Gasteiger partial charge is 1.00 e. The number of aromatic nitrogens is 2. The molecule has 4 heteroatoms. The third kappa shape index (κ3) is 3.56. The molecule has 0 aliphatic rings. The molecular weight excluding hydrogens is 291 g/mol. The van der Waals surface area contributed by atoms with E-state index in [9.17, 15) is 0 Å². The molecule has 0 saturated heterocycles. The van der Waals surface area contributed by atoms with Crippen molar-refractivity contribution in [3.05, 3.63) is 79.4 Å². The lowest BCUT2D eigenvalue weighted by Gasteiger charge is -2.00. The topological polar surface area (TPSA) is 16.8 Å². The average Bonchev–Trinajstić information content (AvgIpc) is 2.49. The van der Waals surface area contributed by atoms with Crippen molar-refractivity contribution >= 4 is 12.4 Å². The fourth-order valence-electron chi connectivity index (χ4n) is 1.94. The van der Waals surface area contributed by atoms with Crippen molar-refractivity contribution in [1.82, 2.24) is 4.98 Å². The molecule has 2 nitrogen and oxygen atoms in total. The molecule has 0 radical (unpaired) electrons. The molecule has 0 atom stereocenters. The Hall–Kier alpha value is -1.90. The molecule has 0 N–H and O–H groups in total. The van der Waals surface area contributed by atoms with Gasteiger partial charge in [-0.3, -0.25) is 4.98 Å². The van der Waals surface area contributed by atoms with E-state index in [0.717, 1.165) is 0 Å². The molecule has 3 aromatic rings. The zero-order chi connectivity index (χ0) is 12.2. The molecule has 0 saturated carbocycles. The smallest absolute Gasteiger partial charge is 0.210 e. The average molecular weight is 305 g/mol. The molecule has 0 unspecified atom stereocenters. The second kappa shape index (κ2) is 7.63. The Morgan fingerprint density at radius 2 is 1.25 bits per heavy atom. The van der Waals surface area contributed by atoms with E-state index in [2.05, 4.69) is 46.2 Å². The molecular formula is C16H14Cl2N2. The van der Waals surface area contributed by atoms with Crippen LogP contribution >= 0.6 is 12.4 Å². The highest BCUT2D eigenvalue weighted by Crippen LogP contribution is 2.16. The quantitative estimate of drug-likeness (QED) is 0.628. The van der Waals surface area contributed by atoms with Crippen LogP contribution in [0.2, 0.25) is 0 Å². The Morgan fingerprint density at radius 3 is 1.85 bits per heavy atom. The molecule has 3 rings (SSSR count). The van der Waals surface area contributed by atoms with E-state index in [1.165, 1.54) is 16.8 Å². The summed E-state index contributed by atoms with van der Waals surface area (Å²) in [5.41, 5.74) is 3.55. The Kier molecular flexibility index (Phi) is 6.16. The predicted octanol–water partition coefficient (Wildman–Crippen LogP) is 0.451. The van der Waals surface area contributed by atoms with E-state index in [-0.39, 0.29) is 24.8 Å². The van der Waals surface area contributed by atoms with E-state index >= 15 is 0 Å². The molecule has 0 aliphatic carbocycles. The SMILES string of the molecule is Cl.[Cl-].c1ccc(-[n+]2ccc(-c3ccncc3)cc2)cc1. The van der Waals surface area contributed by atoms with Gasteiger partial charge in [-0.15, -0.1) is 12.4 Å². The first-order chi connectivity index (χ1) is 8.93. The van der Waals surface area contributed by atoms with Crippen molar-refractivity contribution in [2.24, 2.45) is 0 Å². The van der Waals surface area contributed by atoms with Crippen molar-refractivity contribution in [2.75, 3.05) is 0 Å². The standard InChI is InChI=1S/C16H13N2.2ClH/c1-2-4-16(5-3-1)18-12-8-15(9-13-18)14-6-10-17-11-7-14;;/h1-13H;2*1H/q+1;;/p-1. The lowest BCUT2D eigenvalue weighted by molar-refractivity contribution is -0.595. The van der Waals surface area contributed by atoms with Gasteiger partial charge in [0.2, 0.25) is 5.69 Å². The summed E-state index contributed by atoms with van der Waals surface area (Å²) >= 11 is 0. The fourth-order valence-corrected chi connectivity index (χ4v) is 1.94. The van der Waals surface area contributed by atoms with Gasteiger partial charge in [0, 0.05) is 36.7 Å². The first-order valence-electron chi connectivity index (χ1n) is 5.91. The van der Waals surface area contributed by atoms with Crippen LogP contribution in [0.5, 0.6) is 0 Å². The Morgan fingerprint density at radius 1 is 0.700 bits per heavy atom. The molecule has 0 fully saturated rings. The minimum Gasteiger partial charge on any atom is -1.00 e. The molecule has 2 heterocycles. The normalized spacial score (nSPS) is 9.20. The summed E-state index contributed by atoms with van der Waals surface area (Å²) in [5.74, 6) is 0. The lowest BCUT2D eigenvalue weighted by Crippen LogP contribution is -3.00. The number of benzene rings is 1. The molecule has 0 bridgehead atoms. The van der Waals surface area contributed by atoms with Gasteiger partial charge < -0.3 is 12.4 Å². The monoisotopic (exact) mass is 304 g/mol. The zero-order valence-corrected chi connectivity index (χ0v) is 12.3. The van der Waals surface area contributed by atoms with Gasteiger partial charge in [-0.25, -0.2) is 0 Å². The lowest BCUT2D eigenvalue weighted by atomic mass is 10.1. The van der Waals surface area contributed by atoms with Gasteiger partial charge in [0.05, 0.1) is 0 Å². The van der Waals surface area contributed by atoms with Crippen molar-refractivity contribution in [3.63, 3.8) is 0 Å². The summed E-state index contributed by atoms with van der Waals surface area (Å²) in [6.07, 6.45) is 7.78. The van der Waals surface area contributed by atoms with Crippen LogP contribution in [-0.2, 0) is 0 Å². The van der Waals surface area contributed by atoms with Crippen LogP contribution in [0.25, 0.3) is 16.8 Å². The molecule has 0 aliphatic heterocycles. The highest BCUT2D eigenvalue weighted by atomic mass is 35.5. The van der Waals surface area contributed by atoms with Gasteiger partial charge >= 0.3 is 0 Å². The number of hydrogen-bond acceptors (Lipinski definition) is 1. The van der Waals surface area contributed by atoms with Gasteiger partial charge in [0.25, 0.3) is 0 Å². The predicted molar refractivity (Wildman–Crippen MR) is 78.5 cm³/mol. The third-order valence-corrected chi connectivity index (χ3v) is 2.90. The van der Waals surface area contributed by atoms with Gasteiger partial charge in [0.15, 0.2) is 12.4 Å². The van der Waals surface area contributed by atoms with Crippen molar-refractivity contribution in [1.29, 1.82) is 0 Å². The van der Waals surface area contributed by atoms with Crippen LogP contribution in [0.3, 0.4) is 0 Å². The minimum atomic E-state index is 0. The second-order valence-corrected chi connectivity index (χ2v) is 4.07. The Bertz CT molecular complexity index is 567. The van der Waals surface area contributed by atoms with Gasteiger partial charge in [-0.05, 0) is 23.3 Å². The fraction of sp³-hybridized carbons (Fsp3) is 0. The first kappa shape index (κ1) is 16.2. The molecule has 20 heavy (non-hydrogen) atoms. The summed E-state index contributed by atoms with van der Waals surface area (Å²) in [7, 11) is 0. The molecule has 2 aromatic heterocycles. The zero-order valence-electron chi connectivity index (χ0n) is 10.7. The summed E-state index contributed by atoms with van der Waals surface area (Å²) in [6.45, 7) is 0. The highest BCUT2D eigenvalue weighted by molar-refractivity contribution is 5.85. The molecule has 102 valence electrons. The third-order valence-electron chi connectivity index (χ3n) is 2.90. The maximum Gasteiger partial charge on any atom is 0.210 e.